The van der Waals surface area contributed by atoms with Gasteiger partial charge in [0.15, 0.2) is 0 Å². The number of hydrogen-bond acceptors (Lipinski definition) is 6. The van der Waals surface area contributed by atoms with Crippen LogP contribution in [-0.2, 0) is 30.3 Å². The first-order chi connectivity index (χ1) is 20.3. The fourth-order valence-electron chi connectivity index (χ4n) is 4.73. The molecule has 0 aromatic heterocycles. The molecular weight excluding hydrogens is 532 g/mol. The number of carbonyl (C=O) groups is 3. The molecule has 228 valence electrons. The van der Waals surface area contributed by atoms with Crippen LogP contribution >= 0.6 is 0 Å². The first-order valence-electron chi connectivity index (χ1n) is 14.5. The molecule has 0 heterocycles. The molecule has 0 saturated carbocycles. The third-order valence-corrected chi connectivity index (χ3v) is 6.96. The predicted molar refractivity (Wildman–Crippen MR) is 164 cm³/mol. The van der Waals surface area contributed by atoms with Gasteiger partial charge in [-0.1, -0.05) is 72.8 Å². The molecule has 42 heavy (non-hydrogen) atoms. The highest BCUT2D eigenvalue weighted by atomic mass is 16.5. The van der Waals surface area contributed by atoms with Crippen molar-refractivity contribution in [3.05, 3.63) is 97.1 Å². The van der Waals surface area contributed by atoms with Crippen molar-refractivity contribution >= 4 is 17.8 Å². The van der Waals surface area contributed by atoms with E-state index in [0.717, 1.165) is 18.4 Å². The Morgan fingerprint density at radius 1 is 0.952 bits per heavy atom. The molecule has 3 N–H and O–H groups in total. The van der Waals surface area contributed by atoms with E-state index < -0.39 is 24.1 Å². The second-order valence-electron chi connectivity index (χ2n) is 10.5. The van der Waals surface area contributed by atoms with Crippen LogP contribution in [0.2, 0.25) is 0 Å². The van der Waals surface area contributed by atoms with Crippen LogP contribution < -0.4 is 10.6 Å². The quantitative estimate of drug-likeness (QED) is 0.119. The molecule has 8 heteroatoms. The van der Waals surface area contributed by atoms with E-state index in [0.29, 0.717) is 18.4 Å². The summed E-state index contributed by atoms with van der Waals surface area (Å²) in [6.45, 7) is 9.08. The number of esters is 1. The molecule has 2 amide bonds. The van der Waals surface area contributed by atoms with E-state index in [9.17, 15) is 19.5 Å². The van der Waals surface area contributed by atoms with E-state index in [2.05, 4.69) is 23.8 Å². The maximum atomic E-state index is 13.7. The zero-order valence-electron chi connectivity index (χ0n) is 24.9. The lowest BCUT2D eigenvalue weighted by molar-refractivity contribution is -0.158. The van der Waals surface area contributed by atoms with Crippen LogP contribution in [0.15, 0.2) is 86.0 Å². The van der Waals surface area contributed by atoms with Crippen molar-refractivity contribution in [2.75, 3.05) is 20.3 Å². The molecule has 8 nitrogen and oxygen atoms in total. The Labute approximate surface area is 250 Å². The first-order valence-corrected chi connectivity index (χ1v) is 14.5. The normalized spacial score (nSPS) is 14.5. The molecular formula is C34H46N2O6. The number of methoxy groups -OCH3 is 1. The largest absolute Gasteiger partial charge is 0.455 e. The number of ether oxygens (including phenoxy) is 2. The maximum Gasteiger partial charge on any atom is 0.309 e. The molecule has 0 aliphatic carbocycles. The molecule has 0 spiro atoms. The summed E-state index contributed by atoms with van der Waals surface area (Å²) in [7, 11) is 1.52. The Morgan fingerprint density at radius 3 is 2.21 bits per heavy atom. The highest BCUT2D eigenvalue weighted by molar-refractivity contribution is 5.86. The lowest BCUT2D eigenvalue weighted by Gasteiger charge is -2.30. The van der Waals surface area contributed by atoms with Crippen molar-refractivity contribution in [2.45, 2.75) is 63.6 Å². The molecule has 0 unspecified atom stereocenters. The monoisotopic (exact) mass is 578 g/mol. The molecule has 2 rings (SSSR count). The number of rotatable bonds is 20. The van der Waals surface area contributed by atoms with E-state index in [1.807, 2.05) is 66.7 Å². The number of carbonyl (C=O) groups excluding carboxylic acids is 3. The van der Waals surface area contributed by atoms with E-state index in [1.54, 1.807) is 13.0 Å². The van der Waals surface area contributed by atoms with Crippen LogP contribution in [0.5, 0.6) is 0 Å². The Kier molecular flexibility index (Phi) is 15.9. The Morgan fingerprint density at radius 2 is 1.62 bits per heavy atom. The molecule has 2 aromatic rings. The van der Waals surface area contributed by atoms with E-state index in [1.165, 1.54) is 7.11 Å². The summed E-state index contributed by atoms with van der Waals surface area (Å²) in [4.78, 5) is 39.7. The van der Waals surface area contributed by atoms with Gasteiger partial charge in [0.05, 0.1) is 31.1 Å². The van der Waals surface area contributed by atoms with Crippen LogP contribution in [0.25, 0.3) is 0 Å². The van der Waals surface area contributed by atoms with Gasteiger partial charge < -0.3 is 25.2 Å². The van der Waals surface area contributed by atoms with Gasteiger partial charge >= 0.3 is 5.97 Å². The van der Waals surface area contributed by atoms with Gasteiger partial charge in [-0.2, -0.15) is 0 Å². The van der Waals surface area contributed by atoms with Gasteiger partial charge in [0.25, 0.3) is 0 Å². The lowest BCUT2D eigenvalue weighted by Crippen LogP contribution is -2.47. The molecule has 0 saturated heterocycles. The van der Waals surface area contributed by atoms with Gasteiger partial charge in [-0.05, 0) is 50.2 Å². The fraction of sp³-hybridized carbons (Fsp3) is 0.441. The SMILES string of the molecule is C=CCCC[C@H](Cc1ccccc1)C(=O)O[C@@H](c1ccccc1)[C@H](COC)NC(=O)[C@@H](CC=C)CC(=O)N[C@H](C)CO. The average Bonchev–Trinajstić information content (AvgIpc) is 2.99. The number of aliphatic hydroxyl groups is 1. The third-order valence-electron chi connectivity index (χ3n) is 6.96. The lowest BCUT2D eigenvalue weighted by atomic mass is 9.93. The predicted octanol–water partition coefficient (Wildman–Crippen LogP) is 4.70. The average molecular weight is 579 g/mol. The van der Waals surface area contributed by atoms with Crippen molar-refractivity contribution in [3.8, 4) is 0 Å². The standard InChI is InChI=1S/C34H46N2O6/c1-5-7-10-20-29(21-26-16-11-8-12-17-26)34(40)42-32(27-18-13-9-14-19-27)30(24-41-4)36-33(39)28(15-6-2)22-31(38)35-25(3)23-37/h5-6,8-9,11-14,16-19,25,28-30,32,37H,1-2,7,10,15,20-24H2,3-4H3,(H,35,38)(H,36,39)/t25-,28+,29-,30+,32+/m1/s1. The van der Waals surface area contributed by atoms with E-state index in [4.69, 9.17) is 9.47 Å². The Bertz CT molecular complexity index is 1110. The minimum absolute atomic E-state index is 0.0763. The number of aliphatic hydroxyl groups excluding tert-OH is 1. The van der Waals surface area contributed by atoms with Gasteiger partial charge in [0.2, 0.25) is 11.8 Å². The summed E-state index contributed by atoms with van der Waals surface area (Å²) in [5.41, 5.74) is 1.75. The first kappa shape index (κ1) is 34.5. The summed E-state index contributed by atoms with van der Waals surface area (Å²) >= 11 is 0. The number of hydrogen-bond donors (Lipinski definition) is 3. The third kappa shape index (κ3) is 12.0. The summed E-state index contributed by atoms with van der Waals surface area (Å²) in [5, 5.41) is 14.9. The molecule has 0 aliphatic heterocycles. The minimum Gasteiger partial charge on any atom is -0.455 e. The summed E-state index contributed by atoms with van der Waals surface area (Å²) in [6.07, 6.45) is 5.53. The summed E-state index contributed by atoms with van der Waals surface area (Å²) < 4.78 is 11.7. The van der Waals surface area contributed by atoms with Gasteiger partial charge in [-0.15, -0.1) is 13.2 Å². The summed E-state index contributed by atoms with van der Waals surface area (Å²) in [5.74, 6) is -2.18. The van der Waals surface area contributed by atoms with Crippen LogP contribution in [0, 0.1) is 11.8 Å². The minimum atomic E-state index is -0.826. The molecule has 0 radical (unpaired) electrons. The summed E-state index contributed by atoms with van der Waals surface area (Å²) in [6, 6.07) is 17.9. The van der Waals surface area contributed by atoms with Gasteiger partial charge in [-0.25, -0.2) is 0 Å². The highest BCUT2D eigenvalue weighted by Crippen LogP contribution is 2.27. The second kappa shape index (κ2) is 19.4. The van der Waals surface area contributed by atoms with Crippen LogP contribution in [-0.4, -0.2) is 55.3 Å². The van der Waals surface area contributed by atoms with Crippen molar-refractivity contribution in [1.82, 2.24) is 10.6 Å². The smallest absolute Gasteiger partial charge is 0.309 e. The molecule has 5 atom stereocenters. The number of allylic oxidation sites excluding steroid dienone is 2. The van der Waals surface area contributed by atoms with Crippen LogP contribution in [0.3, 0.4) is 0 Å². The zero-order chi connectivity index (χ0) is 30.7. The highest BCUT2D eigenvalue weighted by Gasteiger charge is 2.33. The molecule has 2 aromatic carbocycles. The fourth-order valence-corrected chi connectivity index (χ4v) is 4.73. The van der Waals surface area contributed by atoms with E-state index in [-0.39, 0.29) is 49.8 Å². The number of amides is 2. The van der Waals surface area contributed by atoms with Gasteiger partial charge in [-0.3, -0.25) is 14.4 Å². The number of benzene rings is 2. The van der Waals surface area contributed by atoms with Gasteiger partial charge in [0.1, 0.15) is 6.10 Å². The van der Waals surface area contributed by atoms with Crippen molar-refractivity contribution in [2.24, 2.45) is 11.8 Å². The second-order valence-corrected chi connectivity index (χ2v) is 10.5. The van der Waals surface area contributed by atoms with Crippen molar-refractivity contribution in [3.63, 3.8) is 0 Å². The van der Waals surface area contributed by atoms with Crippen LogP contribution in [0.4, 0.5) is 0 Å². The maximum absolute atomic E-state index is 13.7. The van der Waals surface area contributed by atoms with Crippen LogP contribution in [0.1, 0.15) is 56.3 Å². The Balaban J connectivity index is 2.31. The van der Waals surface area contributed by atoms with E-state index >= 15 is 0 Å². The molecule has 0 bridgehead atoms. The van der Waals surface area contributed by atoms with Crippen molar-refractivity contribution in [1.29, 1.82) is 0 Å². The number of nitrogens with one attached hydrogen (secondary N) is 2. The van der Waals surface area contributed by atoms with Gasteiger partial charge in [0, 0.05) is 19.6 Å². The zero-order valence-corrected chi connectivity index (χ0v) is 24.9. The molecule has 0 fully saturated rings. The Hall–Kier alpha value is -3.75. The molecule has 0 aliphatic rings. The topological polar surface area (TPSA) is 114 Å². The number of unbranched alkanes of at least 4 members (excludes halogenated alkanes) is 1. The van der Waals surface area contributed by atoms with Crippen molar-refractivity contribution < 1.29 is 29.0 Å².